The Hall–Kier alpha value is -1.64. The van der Waals surface area contributed by atoms with Crippen molar-refractivity contribution >= 4 is 0 Å². The molecule has 0 heterocycles. The lowest BCUT2D eigenvalue weighted by molar-refractivity contribution is 0.153. The molecule has 1 aromatic rings. The molecule has 0 aliphatic heterocycles. The number of rotatable bonds is 11. The van der Waals surface area contributed by atoms with Crippen LogP contribution in [0.4, 0.5) is 8.78 Å². The highest BCUT2D eigenvalue weighted by Gasteiger charge is 2.30. The standard InChI is InChI=1S/C34H50F2O/c1-3-5-8-25-11-17-28(18-12-25)29-19-13-26(14-20-29)9-6-7-10-27-15-21-30(22-16-27)31-23-24-32(37-4-2)34(36)33(31)35/h3,6,9,23-30H,1,4-5,7-8,10-22H2,2H3/b9-6+. The van der Waals surface area contributed by atoms with Crippen LogP contribution in [0.15, 0.2) is 36.9 Å². The van der Waals surface area contributed by atoms with E-state index in [-0.39, 0.29) is 11.7 Å². The molecule has 206 valence electrons. The molecular formula is C34H50F2O. The second-order valence-corrected chi connectivity index (χ2v) is 12.3. The van der Waals surface area contributed by atoms with Crippen molar-refractivity contribution in [3.05, 3.63) is 54.1 Å². The third kappa shape index (κ3) is 7.93. The van der Waals surface area contributed by atoms with Gasteiger partial charge in [0.1, 0.15) is 0 Å². The van der Waals surface area contributed by atoms with E-state index in [1.807, 2.05) is 0 Å². The van der Waals surface area contributed by atoms with Gasteiger partial charge in [-0.05, 0) is 144 Å². The zero-order valence-corrected chi connectivity index (χ0v) is 23.2. The van der Waals surface area contributed by atoms with Gasteiger partial charge < -0.3 is 4.74 Å². The van der Waals surface area contributed by atoms with Gasteiger partial charge in [0.05, 0.1) is 6.61 Å². The zero-order chi connectivity index (χ0) is 26.0. The predicted octanol–water partition coefficient (Wildman–Crippen LogP) is 10.6. The topological polar surface area (TPSA) is 9.23 Å². The zero-order valence-electron chi connectivity index (χ0n) is 23.2. The van der Waals surface area contributed by atoms with E-state index in [0.717, 1.165) is 55.8 Å². The Labute approximate surface area is 225 Å². The molecule has 3 heteroatoms. The van der Waals surface area contributed by atoms with E-state index >= 15 is 0 Å². The molecule has 3 saturated carbocycles. The number of hydrogen-bond acceptors (Lipinski definition) is 1. The summed E-state index contributed by atoms with van der Waals surface area (Å²) in [5.74, 6) is 3.06. The fourth-order valence-electron chi connectivity index (χ4n) is 7.62. The van der Waals surface area contributed by atoms with Crippen LogP contribution < -0.4 is 4.74 Å². The molecule has 0 radical (unpaired) electrons. The van der Waals surface area contributed by atoms with Gasteiger partial charge >= 0.3 is 0 Å². The molecule has 4 rings (SSSR count). The average molecular weight is 513 g/mol. The molecule has 3 aliphatic carbocycles. The van der Waals surface area contributed by atoms with E-state index in [4.69, 9.17) is 4.74 Å². The van der Waals surface area contributed by atoms with E-state index in [9.17, 15) is 8.78 Å². The van der Waals surface area contributed by atoms with Gasteiger partial charge in [-0.25, -0.2) is 4.39 Å². The first-order valence-corrected chi connectivity index (χ1v) is 15.5. The molecule has 3 fully saturated rings. The fraction of sp³-hybridized carbons (Fsp3) is 0.706. The van der Waals surface area contributed by atoms with Crippen LogP contribution in [0.5, 0.6) is 5.75 Å². The molecule has 0 aromatic heterocycles. The van der Waals surface area contributed by atoms with Gasteiger partial charge in [0.15, 0.2) is 11.6 Å². The van der Waals surface area contributed by atoms with E-state index < -0.39 is 11.6 Å². The van der Waals surface area contributed by atoms with Crippen molar-refractivity contribution in [3.8, 4) is 5.75 Å². The van der Waals surface area contributed by atoms with Gasteiger partial charge in [-0.15, -0.1) is 6.58 Å². The lowest BCUT2D eigenvalue weighted by atomic mass is 9.68. The molecule has 0 spiro atoms. The fourth-order valence-corrected chi connectivity index (χ4v) is 7.62. The minimum absolute atomic E-state index is 0.0275. The molecule has 37 heavy (non-hydrogen) atoms. The first-order valence-electron chi connectivity index (χ1n) is 15.5. The van der Waals surface area contributed by atoms with Crippen LogP contribution in [0.2, 0.25) is 0 Å². The Kier molecular flexibility index (Phi) is 11.1. The Bertz CT molecular complexity index is 853. The average Bonchev–Trinajstić information content (AvgIpc) is 2.94. The molecule has 1 nitrogen and oxygen atoms in total. The van der Waals surface area contributed by atoms with Crippen molar-refractivity contribution in [2.75, 3.05) is 6.61 Å². The number of ether oxygens (including phenoxy) is 1. The van der Waals surface area contributed by atoms with Crippen LogP contribution in [0.1, 0.15) is 121 Å². The number of benzene rings is 1. The Morgan fingerprint density at radius 2 is 1.38 bits per heavy atom. The maximum Gasteiger partial charge on any atom is 0.200 e. The molecule has 1 aromatic carbocycles. The summed E-state index contributed by atoms with van der Waals surface area (Å²) in [5, 5.41) is 0. The highest BCUT2D eigenvalue weighted by molar-refractivity contribution is 5.33. The quantitative estimate of drug-likeness (QED) is 0.268. The number of allylic oxidation sites excluding steroid dienone is 3. The summed E-state index contributed by atoms with van der Waals surface area (Å²) in [5.41, 5.74) is 0.538. The van der Waals surface area contributed by atoms with Crippen LogP contribution in [0, 0.1) is 41.2 Å². The summed E-state index contributed by atoms with van der Waals surface area (Å²) >= 11 is 0. The van der Waals surface area contributed by atoms with Gasteiger partial charge in [-0.1, -0.05) is 37.1 Å². The summed E-state index contributed by atoms with van der Waals surface area (Å²) < 4.78 is 34.1. The molecule has 0 saturated heterocycles. The maximum absolute atomic E-state index is 14.6. The molecule has 0 bridgehead atoms. The van der Waals surface area contributed by atoms with Gasteiger partial charge in [-0.2, -0.15) is 4.39 Å². The lowest BCUT2D eigenvalue weighted by Crippen LogP contribution is -2.25. The largest absolute Gasteiger partial charge is 0.491 e. The van der Waals surface area contributed by atoms with Crippen molar-refractivity contribution in [1.29, 1.82) is 0 Å². The van der Waals surface area contributed by atoms with E-state index in [0.29, 0.717) is 18.1 Å². The summed E-state index contributed by atoms with van der Waals surface area (Å²) in [6.07, 6.45) is 27.6. The van der Waals surface area contributed by atoms with Crippen molar-refractivity contribution in [1.82, 2.24) is 0 Å². The van der Waals surface area contributed by atoms with Crippen molar-refractivity contribution in [2.24, 2.45) is 29.6 Å². The first-order chi connectivity index (χ1) is 18.1. The SMILES string of the molecule is C=CCCC1CCC(C2CCC(/C=C/CCC3CCC(c4ccc(OCC)c(F)c4F)CC3)CC2)CC1. The highest BCUT2D eigenvalue weighted by atomic mass is 19.2. The van der Waals surface area contributed by atoms with Crippen LogP contribution in [-0.2, 0) is 0 Å². The lowest BCUT2D eigenvalue weighted by Gasteiger charge is -2.37. The molecule has 0 atom stereocenters. The predicted molar refractivity (Wildman–Crippen MR) is 151 cm³/mol. The summed E-state index contributed by atoms with van der Waals surface area (Å²) in [6, 6.07) is 3.33. The molecule has 0 unspecified atom stereocenters. The normalized spacial score (nSPS) is 30.9. The Morgan fingerprint density at radius 1 is 0.784 bits per heavy atom. The highest BCUT2D eigenvalue weighted by Crippen LogP contribution is 2.43. The van der Waals surface area contributed by atoms with Crippen LogP contribution in [-0.4, -0.2) is 6.61 Å². The van der Waals surface area contributed by atoms with Crippen molar-refractivity contribution in [2.45, 2.75) is 116 Å². The summed E-state index contributed by atoms with van der Waals surface area (Å²) in [6.45, 7) is 6.01. The van der Waals surface area contributed by atoms with Crippen molar-refractivity contribution in [3.63, 3.8) is 0 Å². The van der Waals surface area contributed by atoms with E-state index in [1.165, 1.54) is 70.6 Å². The molecule has 0 amide bonds. The first kappa shape index (κ1) is 28.4. The van der Waals surface area contributed by atoms with Crippen LogP contribution in [0.3, 0.4) is 0 Å². The maximum atomic E-state index is 14.6. The summed E-state index contributed by atoms with van der Waals surface area (Å²) in [7, 11) is 0. The third-order valence-corrected chi connectivity index (χ3v) is 9.97. The molecule has 3 aliphatic rings. The van der Waals surface area contributed by atoms with Gasteiger partial charge in [0.25, 0.3) is 0 Å². The minimum Gasteiger partial charge on any atom is -0.491 e. The number of hydrogen-bond donors (Lipinski definition) is 0. The second kappa shape index (κ2) is 14.5. The van der Waals surface area contributed by atoms with Gasteiger partial charge in [-0.3, -0.25) is 0 Å². The summed E-state index contributed by atoms with van der Waals surface area (Å²) in [4.78, 5) is 0. The van der Waals surface area contributed by atoms with E-state index in [1.54, 1.807) is 19.1 Å². The minimum atomic E-state index is -0.827. The van der Waals surface area contributed by atoms with Gasteiger partial charge in [0.2, 0.25) is 5.82 Å². The van der Waals surface area contributed by atoms with Crippen molar-refractivity contribution < 1.29 is 13.5 Å². The molecule has 0 N–H and O–H groups in total. The van der Waals surface area contributed by atoms with E-state index in [2.05, 4.69) is 24.8 Å². The monoisotopic (exact) mass is 512 g/mol. The third-order valence-electron chi connectivity index (χ3n) is 9.97. The second-order valence-electron chi connectivity index (χ2n) is 12.3. The van der Waals surface area contributed by atoms with Gasteiger partial charge in [0, 0.05) is 0 Å². The van der Waals surface area contributed by atoms with Crippen LogP contribution in [0.25, 0.3) is 0 Å². The number of halogens is 2. The van der Waals surface area contributed by atoms with Crippen LogP contribution >= 0.6 is 0 Å². The Morgan fingerprint density at radius 3 is 2.00 bits per heavy atom. The smallest absolute Gasteiger partial charge is 0.200 e. The molecular weight excluding hydrogens is 462 g/mol. The Balaban J connectivity index is 1.11.